The molecule has 0 heterocycles. The van der Waals surface area contributed by atoms with Crippen molar-refractivity contribution in [2.24, 2.45) is 5.92 Å². The van der Waals surface area contributed by atoms with Crippen LogP contribution in [0.3, 0.4) is 0 Å². The maximum absolute atomic E-state index is 14.2. The van der Waals surface area contributed by atoms with Gasteiger partial charge in [-0.05, 0) is 62.7 Å². The van der Waals surface area contributed by atoms with Crippen molar-refractivity contribution >= 4 is 0 Å². The van der Waals surface area contributed by atoms with Crippen LogP contribution in [0.4, 0.5) is 4.39 Å². The van der Waals surface area contributed by atoms with E-state index in [2.05, 4.69) is 25.2 Å². The van der Waals surface area contributed by atoms with E-state index in [1.165, 1.54) is 31.2 Å². The van der Waals surface area contributed by atoms with E-state index in [1.807, 2.05) is 6.07 Å². The number of benzene rings is 1. The second-order valence-corrected chi connectivity index (χ2v) is 6.23. The third-order valence-corrected chi connectivity index (χ3v) is 4.54. The third kappa shape index (κ3) is 4.05. The highest BCUT2D eigenvalue weighted by Gasteiger charge is 2.26. The largest absolute Gasteiger partial charge is 0.316 e. The normalized spacial score (nSPS) is 23.6. The van der Waals surface area contributed by atoms with Gasteiger partial charge in [0, 0.05) is 0 Å². The Labute approximate surface area is 123 Å². The van der Waals surface area contributed by atoms with Gasteiger partial charge in [0.15, 0.2) is 0 Å². The van der Waals surface area contributed by atoms with Crippen molar-refractivity contribution in [2.45, 2.75) is 58.3 Å². The fraction of sp³-hybridized carbons (Fsp3) is 0.667. The zero-order chi connectivity index (χ0) is 14.4. The Morgan fingerprint density at radius 3 is 2.80 bits per heavy atom. The quantitative estimate of drug-likeness (QED) is 0.602. The highest BCUT2D eigenvalue weighted by Crippen LogP contribution is 2.37. The molecule has 1 fully saturated rings. The summed E-state index contributed by atoms with van der Waals surface area (Å²) in [5, 5.41) is 3.54. The number of aryl methyl sites for hydroxylation is 1. The molecule has 112 valence electrons. The number of hydrogen-bond acceptors (Lipinski definition) is 1. The summed E-state index contributed by atoms with van der Waals surface area (Å²) in [6.07, 6.45) is 7.36. The topological polar surface area (TPSA) is 12.0 Å². The molecule has 1 N–H and O–H groups in total. The number of nitrogens with one attached hydrogen (secondary N) is 1. The Hall–Kier alpha value is -0.890. The number of rotatable bonds is 5. The van der Waals surface area contributed by atoms with E-state index < -0.39 is 0 Å². The maximum atomic E-state index is 14.2. The van der Waals surface area contributed by atoms with E-state index in [4.69, 9.17) is 0 Å². The van der Waals surface area contributed by atoms with Crippen LogP contribution in [-0.4, -0.2) is 13.1 Å². The van der Waals surface area contributed by atoms with Crippen molar-refractivity contribution < 1.29 is 4.39 Å². The summed E-state index contributed by atoms with van der Waals surface area (Å²) in [6, 6.07) is 5.59. The molecule has 0 aromatic heterocycles. The zero-order valence-corrected chi connectivity index (χ0v) is 12.9. The Bertz CT molecular complexity index is 416. The molecule has 0 saturated heterocycles. The monoisotopic (exact) mass is 277 g/mol. The van der Waals surface area contributed by atoms with Gasteiger partial charge in [-0.1, -0.05) is 43.9 Å². The fourth-order valence-electron chi connectivity index (χ4n) is 3.45. The SMILES string of the molecule is CCCNCC1CCCCCC1c1cc(C)ccc1F. The molecule has 1 aliphatic rings. The maximum Gasteiger partial charge on any atom is 0.126 e. The minimum atomic E-state index is -0.0111. The first-order valence-corrected chi connectivity index (χ1v) is 8.19. The number of hydrogen-bond donors (Lipinski definition) is 1. The lowest BCUT2D eigenvalue weighted by Crippen LogP contribution is -2.28. The molecule has 0 aliphatic heterocycles. The van der Waals surface area contributed by atoms with Crippen LogP contribution in [0.25, 0.3) is 0 Å². The first kappa shape index (κ1) is 15.5. The molecule has 1 aromatic carbocycles. The molecule has 1 saturated carbocycles. The minimum absolute atomic E-state index is 0.0111. The molecule has 2 heteroatoms. The third-order valence-electron chi connectivity index (χ3n) is 4.54. The van der Waals surface area contributed by atoms with E-state index in [1.54, 1.807) is 6.07 Å². The first-order valence-electron chi connectivity index (χ1n) is 8.19. The van der Waals surface area contributed by atoms with Gasteiger partial charge in [0.1, 0.15) is 5.82 Å². The van der Waals surface area contributed by atoms with Gasteiger partial charge in [-0.2, -0.15) is 0 Å². The van der Waals surface area contributed by atoms with Crippen molar-refractivity contribution in [3.05, 3.63) is 35.1 Å². The lowest BCUT2D eigenvalue weighted by Gasteiger charge is -2.26. The summed E-state index contributed by atoms with van der Waals surface area (Å²) in [5.41, 5.74) is 2.13. The molecule has 2 atom stereocenters. The molecule has 0 radical (unpaired) electrons. The summed E-state index contributed by atoms with van der Waals surface area (Å²) < 4.78 is 14.2. The Morgan fingerprint density at radius 1 is 1.20 bits per heavy atom. The van der Waals surface area contributed by atoms with Crippen LogP contribution in [0.1, 0.15) is 62.5 Å². The van der Waals surface area contributed by atoms with E-state index in [9.17, 15) is 4.39 Å². The zero-order valence-electron chi connectivity index (χ0n) is 12.9. The predicted molar refractivity (Wildman–Crippen MR) is 83.6 cm³/mol. The van der Waals surface area contributed by atoms with Crippen molar-refractivity contribution in [3.8, 4) is 0 Å². The molecule has 0 bridgehead atoms. The van der Waals surface area contributed by atoms with Crippen LogP contribution in [-0.2, 0) is 0 Å². The second-order valence-electron chi connectivity index (χ2n) is 6.23. The van der Waals surface area contributed by atoms with Crippen LogP contribution in [0.2, 0.25) is 0 Å². The first-order chi connectivity index (χ1) is 9.72. The van der Waals surface area contributed by atoms with Gasteiger partial charge in [-0.15, -0.1) is 0 Å². The average molecular weight is 277 g/mol. The van der Waals surface area contributed by atoms with Gasteiger partial charge >= 0.3 is 0 Å². The van der Waals surface area contributed by atoms with E-state index >= 15 is 0 Å². The predicted octanol–water partition coefficient (Wildman–Crippen LogP) is 4.80. The average Bonchev–Trinajstić information content (AvgIpc) is 2.67. The molecule has 2 rings (SSSR count). The summed E-state index contributed by atoms with van der Waals surface area (Å²) in [4.78, 5) is 0. The number of halogens is 1. The minimum Gasteiger partial charge on any atom is -0.316 e. The van der Waals surface area contributed by atoms with Crippen LogP contribution in [0, 0.1) is 18.7 Å². The molecule has 1 aliphatic carbocycles. The van der Waals surface area contributed by atoms with Crippen molar-refractivity contribution in [1.29, 1.82) is 0 Å². The summed E-state index contributed by atoms with van der Waals surface area (Å²) >= 11 is 0. The molecular weight excluding hydrogens is 249 g/mol. The fourth-order valence-corrected chi connectivity index (χ4v) is 3.45. The van der Waals surface area contributed by atoms with Crippen molar-refractivity contribution in [3.63, 3.8) is 0 Å². The lowest BCUT2D eigenvalue weighted by molar-refractivity contribution is 0.367. The van der Waals surface area contributed by atoms with Crippen molar-refractivity contribution in [2.75, 3.05) is 13.1 Å². The van der Waals surface area contributed by atoms with Gasteiger partial charge in [0.2, 0.25) is 0 Å². The van der Waals surface area contributed by atoms with Gasteiger partial charge < -0.3 is 5.32 Å². The van der Waals surface area contributed by atoms with Crippen molar-refractivity contribution in [1.82, 2.24) is 5.32 Å². The lowest BCUT2D eigenvalue weighted by atomic mass is 9.81. The van der Waals surface area contributed by atoms with Gasteiger partial charge in [-0.25, -0.2) is 4.39 Å². The molecule has 0 amide bonds. The smallest absolute Gasteiger partial charge is 0.126 e. The van der Waals surface area contributed by atoms with Crippen LogP contribution < -0.4 is 5.32 Å². The summed E-state index contributed by atoms with van der Waals surface area (Å²) in [7, 11) is 0. The van der Waals surface area contributed by atoms with E-state index in [0.717, 1.165) is 31.5 Å². The van der Waals surface area contributed by atoms with Gasteiger partial charge in [0.25, 0.3) is 0 Å². The second kappa shape index (κ2) is 7.78. The molecule has 0 spiro atoms. The van der Waals surface area contributed by atoms with Crippen LogP contribution in [0.15, 0.2) is 18.2 Å². The van der Waals surface area contributed by atoms with Crippen LogP contribution in [0.5, 0.6) is 0 Å². The summed E-state index contributed by atoms with van der Waals surface area (Å²) in [6.45, 7) is 6.35. The molecule has 20 heavy (non-hydrogen) atoms. The van der Waals surface area contributed by atoms with Gasteiger partial charge in [0.05, 0.1) is 0 Å². The van der Waals surface area contributed by atoms with Gasteiger partial charge in [-0.3, -0.25) is 0 Å². The van der Waals surface area contributed by atoms with E-state index in [0.29, 0.717) is 11.8 Å². The summed E-state index contributed by atoms with van der Waals surface area (Å²) in [5.74, 6) is 0.963. The molecule has 1 nitrogen and oxygen atoms in total. The molecule has 1 aromatic rings. The molecule has 2 unspecified atom stereocenters. The Kier molecular flexibility index (Phi) is 6.03. The highest BCUT2D eigenvalue weighted by atomic mass is 19.1. The van der Waals surface area contributed by atoms with Crippen LogP contribution >= 0.6 is 0 Å². The van der Waals surface area contributed by atoms with E-state index in [-0.39, 0.29) is 5.82 Å². The molecular formula is C18H28FN. The highest BCUT2D eigenvalue weighted by molar-refractivity contribution is 5.28. The standard InChI is InChI=1S/C18H28FN/c1-3-11-20-13-15-7-5-4-6-8-16(15)17-12-14(2)9-10-18(17)19/h9-10,12,15-16,20H,3-8,11,13H2,1-2H3. The Morgan fingerprint density at radius 2 is 2.00 bits per heavy atom. The Balaban J connectivity index is 2.16.